The Bertz CT molecular complexity index is 1370. The summed E-state index contributed by atoms with van der Waals surface area (Å²) < 4.78 is 18.6. The second-order valence-electron chi connectivity index (χ2n) is 10.2. The number of aromatic nitrogens is 2. The summed E-state index contributed by atoms with van der Waals surface area (Å²) in [5.41, 5.74) is 3.22. The number of likely N-dealkylation sites (N-methyl/N-ethyl adjacent to an activating group) is 1. The van der Waals surface area contributed by atoms with Crippen molar-refractivity contribution in [1.29, 1.82) is 0 Å². The zero-order valence-electron chi connectivity index (χ0n) is 22.5. The first-order valence-corrected chi connectivity index (χ1v) is 13.6. The van der Waals surface area contributed by atoms with Crippen molar-refractivity contribution in [2.45, 2.75) is 44.6 Å². The normalized spacial score (nSPS) is 14.7. The van der Waals surface area contributed by atoms with E-state index in [2.05, 4.69) is 4.98 Å². The Balaban J connectivity index is 1.17. The third-order valence-electron chi connectivity index (χ3n) is 7.46. The second-order valence-corrected chi connectivity index (χ2v) is 10.2. The minimum atomic E-state index is -0.556. The summed E-state index contributed by atoms with van der Waals surface area (Å²) in [4.78, 5) is 32.1. The summed E-state index contributed by atoms with van der Waals surface area (Å²) in [5.74, 6) is 0.666. The van der Waals surface area contributed by atoms with Gasteiger partial charge in [-0.15, -0.1) is 0 Å². The van der Waals surface area contributed by atoms with Gasteiger partial charge in [-0.1, -0.05) is 43.5 Å². The van der Waals surface area contributed by atoms with Gasteiger partial charge in [0.1, 0.15) is 23.9 Å². The molecule has 1 aliphatic carbocycles. The molecule has 204 valence electrons. The average molecular weight is 530 g/mol. The Morgan fingerprint density at radius 2 is 1.85 bits per heavy atom. The number of benzene rings is 2. The highest BCUT2D eigenvalue weighted by atomic mass is 16.5. The number of ketones is 1. The SMILES string of the molecule is COC(=O)C(Cc1ccc(OCCN(C)c2nc3ccccc3o2)cc1)n1ccc(C(=O)C2CCCCC2)c1. The lowest BCUT2D eigenvalue weighted by atomic mass is 9.84. The van der Waals surface area contributed by atoms with E-state index in [4.69, 9.17) is 13.9 Å². The van der Waals surface area contributed by atoms with E-state index in [9.17, 15) is 9.59 Å². The maximum atomic E-state index is 13.0. The zero-order valence-corrected chi connectivity index (χ0v) is 22.5. The maximum absolute atomic E-state index is 13.0. The van der Waals surface area contributed by atoms with Gasteiger partial charge in [0.2, 0.25) is 0 Å². The number of hydrogen-bond acceptors (Lipinski definition) is 7. The van der Waals surface area contributed by atoms with E-state index in [0.29, 0.717) is 31.2 Å². The molecule has 8 heteroatoms. The van der Waals surface area contributed by atoms with Crippen molar-refractivity contribution in [3.8, 4) is 5.75 Å². The van der Waals surface area contributed by atoms with Crippen LogP contribution in [0.15, 0.2) is 71.4 Å². The Morgan fingerprint density at radius 1 is 1.08 bits per heavy atom. The Morgan fingerprint density at radius 3 is 2.59 bits per heavy atom. The summed E-state index contributed by atoms with van der Waals surface area (Å²) in [7, 11) is 3.31. The highest BCUT2D eigenvalue weighted by Crippen LogP contribution is 2.28. The monoisotopic (exact) mass is 529 g/mol. The van der Waals surface area contributed by atoms with Crippen LogP contribution >= 0.6 is 0 Å². The fourth-order valence-electron chi connectivity index (χ4n) is 5.16. The van der Waals surface area contributed by atoms with Gasteiger partial charge < -0.3 is 23.4 Å². The van der Waals surface area contributed by atoms with Crippen molar-refractivity contribution < 1.29 is 23.5 Å². The molecule has 1 fully saturated rings. The van der Waals surface area contributed by atoms with Crippen molar-refractivity contribution in [3.05, 3.63) is 78.1 Å². The lowest BCUT2D eigenvalue weighted by Gasteiger charge is -2.20. The van der Waals surface area contributed by atoms with Gasteiger partial charge in [-0.3, -0.25) is 4.79 Å². The van der Waals surface area contributed by atoms with Gasteiger partial charge in [0.15, 0.2) is 11.4 Å². The molecule has 1 atom stereocenters. The number of ether oxygens (including phenoxy) is 2. The van der Waals surface area contributed by atoms with E-state index in [1.165, 1.54) is 13.5 Å². The number of anilines is 1. The molecule has 2 aromatic heterocycles. The molecule has 0 spiro atoms. The van der Waals surface area contributed by atoms with Crippen molar-refractivity contribution in [1.82, 2.24) is 9.55 Å². The third-order valence-corrected chi connectivity index (χ3v) is 7.46. The Hall–Kier alpha value is -4.07. The highest BCUT2D eigenvalue weighted by molar-refractivity contribution is 5.97. The van der Waals surface area contributed by atoms with Crippen LogP contribution in [0.3, 0.4) is 0 Å². The van der Waals surface area contributed by atoms with E-state index in [-0.39, 0.29) is 17.7 Å². The molecule has 0 amide bonds. The van der Waals surface area contributed by atoms with Crippen LogP contribution < -0.4 is 9.64 Å². The van der Waals surface area contributed by atoms with Gasteiger partial charge in [0, 0.05) is 37.3 Å². The number of para-hydroxylation sites is 2. The van der Waals surface area contributed by atoms with Crippen LogP contribution in [0, 0.1) is 5.92 Å². The van der Waals surface area contributed by atoms with Crippen LogP contribution in [-0.4, -0.2) is 48.6 Å². The summed E-state index contributed by atoms with van der Waals surface area (Å²) in [6.45, 7) is 1.06. The topological polar surface area (TPSA) is 86.8 Å². The molecule has 2 aromatic carbocycles. The van der Waals surface area contributed by atoms with E-state index >= 15 is 0 Å². The number of carbonyl (C=O) groups excluding carboxylic acids is 2. The largest absolute Gasteiger partial charge is 0.492 e. The number of hydrogen-bond donors (Lipinski definition) is 0. The van der Waals surface area contributed by atoms with E-state index < -0.39 is 6.04 Å². The van der Waals surface area contributed by atoms with Gasteiger partial charge in [-0.05, 0) is 48.7 Å². The molecule has 0 N–H and O–H groups in total. The number of rotatable bonds is 11. The summed E-state index contributed by atoms with van der Waals surface area (Å²) >= 11 is 0. The van der Waals surface area contributed by atoms with Crippen LogP contribution in [-0.2, 0) is 16.0 Å². The van der Waals surface area contributed by atoms with Crippen LogP contribution in [0.1, 0.15) is 54.1 Å². The van der Waals surface area contributed by atoms with Crippen molar-refractivity contribution >= 4 is 28.9 Å². The summed E-state index contributed by atoms with van der Waals surface area (Å²) in [6, 6.07) is 17.2. The van der Waals surface area contributed by atoms with Crippen molar-refractivity contribution in [3.63, 3.8) is 0 Å². The van der Waals surface area contributed by atoms with Crippen LogP contribution in [0.25, 0.3) is 11.1 Å². The average Bonchev–Trinajstić information content (AvgIpc) is 3.64. The molecule has 4 aromatic rings. The van der Waals surface area contributed by atoms with Crippen LogP contribution in [0.5, 0.6) is 5.75 Å². The first kappa shape index (κ1) is 26.5. The van der Waals surface area contributed by atoms with E-state index in [0.717, 1.165) is 48.1 Å². The fraction of sp³-hybridized carbons (Fsp3) is 0.387. The molecule has 5 rings (SSSR count). The van der Waals surface area contributed by atoms with Crippen LogP contribution in [0.4, 0.5) is 6.01 Å². The molecule has 39 heavy (non-hydrogen) atoms. The molecule has 2 heterocycles. The first-order chi connectivity index (χ1) is 19.0. The van der Waals surface area contributed by atoms with Gasteiger partial charge in [-0.2, -0.15) is 4.98 Å². The summed E-state index contributed by atoms with van der Waals surface area (Å²) in [5, 5.41) is 0. The molecule has 0 bridgehead atoms. The van der Waals surface area contributed by atoms with Crippen molar-refractivity contribution in [2.75, 3.05) is 32.2 Å². The third kappa shape index (κ3) is 6.33. The maximum Gasteiger partial charge on any atom is 0.329 e. The first-order valence-electron chi connectivity index (χ1n) is 13.6. The number of nitrogens with zero attached hydrogens (tertiary/aromatic N) is 3. The molecule has 0 radical (unpaired) electrons. The molecule has 1 aliphatic rings. The Kier molecular flexibility index (Phi) is 8.30. The minimum Gasteiger partial charge on any atom is -0.492 e. The number of carbonyl (C=O) groups is 2. The van der Waals surface area contributed by atoms with Crippen molar-refractivity contribution in [2.24, 2.45) is 5.92 Å². The molecule has 0 aliphatic heterocycles. The molecule has 8 nitrogen and oxygen atoms in total. The molecular weight excluding hydrogens is 494 g/mol. The fourth-order valence-corrected chi connectivity index (χ4v) is 5.16. The summed E-state index contributed by atoms with van der Waals surface area (Å²) in [6.07, 6.45) is 9.37. The number of fused-ring (bicyclic) bond motifs is 1. The standard InChI is InChI=1S/C31H35N3O5/c1-33(31-32-26-10-6-7-11-28(26)39-31)18-19-38-25-14-12-22(13-15-25)20-27(30(36)37-2)34-17-16-24(21-34)29(35)23-8-4-3-5-9-23/h6-7,10-17,21,23,27H,3-5,8-9,18-20H2,1-2H3. The molecule has 0 saturated heterocycles. The minimum absolute atomic E-state index is 0.0912. The lowest BCUT2D eigenvalue weighted by Crippen LogP contribution is -2.24. The van der Waals surface area contributed by atoms with Crippen LogP contribution in [0.2, 0.25) is 0 Å². The molecule has 1 saturated carbocycles. The number of methoxy groups -OCH3 is 1. The zero-order chi connectivity index (χ0) is 27.2. The highest BCUT2D eigenvalue weighted by Gasteiger charge is 2.26. The van der Waals surface area contributed by atoms with E-state index in [1.54, 1.807) is 10.8 Å². The van der Waals surface area contributed by atoms with Gasteiger partial charge in [0.05, 0.1) is 13.7 Å². The number of esters is 1. The quantitative estimate of drug-likeness (QED) is 0.178. The molecular formula is C31H35N3O5. The van der Waals surface area contributed by atoms with Gasteiger partial charge in [-0.25, -0.2) is 4.79 Å². The predicted molar refractivity (Wildman–Crippen MR) is 149 cm³/mol. The van der Waals surface area contributed by atoms with E-state index in [1.807, 2.05) is 72.7 Å². The predicted octanol–water partition coefficient (Wildman–Crippen LogP) is 5.86. The Labute approximate surface area is 228 Å². The second kappa shape index (κ2) is 12.2. The lowest BCUT2D eigenvalue weighted by molar-refractivity contribution is -0.144. The van der Waals surface area contributed by atoms with Gasteiger partial charge in [0.25, 0.3) is 6.01 Å². The number of oxazole rings is 1. The van der Waals surface area contributed by atoms with Gasteiger partial charge >= 0.3 is 5.97 Å². The number of Topliss-reactive ketones (excluding diaryl/α,β-unsaturated/α-hetero) is 1. The smallest absolute Gasteiger partial charge is 0.329 e. The molecule has 1 unspecified atom stereocenters.